The molecule has 3 fully saturated rings. The third-order valence-electron chi connectivity index (χ3n) is 4.63. The van der Waals surface area contributed by atoms with Gasteiger partial charge >= 0.3 is 0 Å². The van der Waals surface area contributed by atoms with E-state index in [-0.39, 0.29) is 23.7 Å². The highest BCUT2D eigenvalue weighted by atomic mass is 16.7. The number of amides is 1. The van der Waals surface area contributed by atoms with Crippen LogP contribution < -0.4 is 0 Å². The Bertz CT molecular complexity index is 389. The molecule has 0 aromatic rings. The van der Waals surface area contributed by atoms with Crippen LogP contribution in [0.1, 0.15) is 39.0 Å². The van der Waals surface area contributed by atoms with Gasteiger partial charge in [0.2, 0.25) is 5.91 Å². The van der Waals surface area contributed by atoms with E-state index in [1.807, 2.05) is 4.90 Å². The van der Waals surface area contributed by atoms with Crippen LogP contribution in [0.3, 0.4) is 0 Å². The van der Waals surface area contributed by atoms with E-state index >= 15 is 0 Å². The summed E-state index contributed by atoms with van der Waals surface area (Å²) in [5.41, 5.74) is 0. The summed E-state index contributed by atoms with van der Waals surface area (Å²) in [5.74, 6) is -0.267. The first-order chi connectivity index (χ1) is 9.12. The summed E-state index contributed by atoms with van der Waals surface area (Å²) in [6.45, 7) is 3.48. The van der Waals surface area contributed by atoms with E-state index < -0.39 is 5.79 Å². The maximum atomic E-state index is 12.0. The summed E-state index contributed by atoms with van der Waals surface area (Å²) < 4.78 is 11.7. The SMILES string of the molecule is CC(=O)CC1C2CCCC(=O)N2CCC12OCCO2. The third kappa shape index (κ3) is 2.19. The normalized spacial score (nSPS) is 33.5. The summed E-state index contributed by atoms with van der Waals surface area (Å²) >= 11 is 0. The average molecular weight is 267 g/mol. The first-order valence-corrected chi connectivity index (χ1v) is 7.19. The number of rotatable bonds is 2. The highest BCUT2D eigenvalue weighted by Gasteiger charge is 2.54. The Balaban J connectivity index is 1.88. The highest BCUT2D eigenvalue weighted by Crippen LogP contribution is 2.44. The summed E-state index contributed by atoms with van der Waals surface area (Å²) in [4.78, 5) is 25.6. The summed E-state index contributed by atoms with van der Waals surface area (Å²) in [5, 5.41) is 0. The molecule has 0 N–H and O–H groups in total. The van der Waals surface area contributed by atoms with E-state index in [1.54, 1.807) is 6.92 Å². The third-order valence-corrected chi connectivity index (χ3v) is 4.63. The van der Waals surface area contributed by atoms with Crippen LogP contribution >= 0.6 is 0 Å². The molecular weight excluding hydrogens is 246 g/mol. The standard InChI is InChI=1S/C14H21NO4/c1-10(16)9-11-12-3-2-4-13(17)15(12)6-5-14(11)18-7-8-19-14/h11-12H,2-9H2,1H3. The van der Waals surface area contributed by atoms with Crippen molar-refractivity contribution in [1.29, 1.82) is 0 Å². The van der Waals surface area contributed by atoms with E-state index in [0.717, 1.165) is 12.8 Å². The minimum absolute atomic E-state index is 0.00880. The molecule has 5 nitrogen and oxygen atoms in total. The topological polar surface area (TPSA) is 55.8 Å². The molecule has 3 aliphatic rings. The van der Waals surface area contributed by atoms with Gasteiger partial charge in [-0.3, -0.25) is 4.79 Å². The van der Waals surface area contributed by atoms with Crippen LogP contribution in [0.15, 0.2) is 0 Å². The molecule has 3 saturated heterocycles. The molecule has 19 heavy (non-hydrogen) atoms. The van der Waals surface area contributed by atoms with Gasteiger partial charge in [0.1, 0.15) is 5.78 Å². The lowest BCUT2D eigenvalue weighted by Gasteiger charge is -2.51. The van der Waals surface area contributed by atoms with Gasteiger partial charge in [-0.1, -0.05) is 0 Å². The fraction of sp³-hybridized carbons (Fsp3) is 0.857. The molecule has 3 aliphatic heterocycles. The van der Waals surface area contributed by atoms with Crippen LogP contribution in [-0.4, -0.2) is 48.2 Å². The highest BCUT2D eigenvalue weighted by molar-refractivity contribution is 5.78. The molecule has 3 heterocycles. The number of ketones is 1. The van der Waals surface area contributed by atoms with E-state index in [9.17, 15) is 9.59 Å². The second-order valence-electron chi connectivity index (χ2n) is 5.82. The quantitative estimate of drug-likeness (QED) is 0.752. The van der Waals surface area contributed by atoms with Crippen molar-refractivity contribution >= 4 is 11.7 Å². The second-order valence-corrected chi connectivity index (χ2v) is 5.82. The number of carbonyl (C=O) groups excluding carboxylic acids is 2. The van der Waals surface area contributed by atoms with E-state index in [4.69, 9.17) is 9.47 Å². The van der Waals surface area contributed by atoms with Crippen LogP contribution in [-0.2, 0) is 19.1 Å². The number of fused-ring (bicyclic) bond motifs is 1. The minimum Gasteiger partial charge on any atom is -0.347 e. The van der Waals surface area contributed by atoms with Crippen molar-refractivity contribution in [2.75, 3.05) is 19.8 Å². The Hall–Kier alpha value is -0.940. The van der Waals surface area contributed by atoms with E-state index in [1.165, 1.54) is 0 Å². The van der Waals surface area contributed by atoms with Crippen molar-refractivity contribution in [1.82, 2.24) is 4.90 Å². The molecule has 1 spiro atoms. The molecule has 5 heteroatoms. The fourth-order valence-corrected chi connectivity index (χ4v) is 3.84. The lowest BCUT2D eigenvalue weighted by atomic mass is 9.76. The lowest BCUT2D eigenvalue weighted by Crippen LogP contribution is -2.61. The van der Waals surface area contributed by atoms with Crippen molar-refractivity contribution < 1.29 is 19.1 Å². The van der Waals surface area contributed by atoms with Gasteiger partial charge in [0, 0.05) is 37.8 Å². The molecule has 3 rings (SSSR count). The van der Waals surface area contributed by atoms with Crippen molar-refractivity contribution in [2.24, 2.45) is 5.92 Å². The second kappa shape index (κ2) is 4.87. The zero-order valence-electron chi connectivity index (χ0n) is 11.4. The minimum atomic E-state index is -0.621. The molecule has 0 aliphatic carbocycles. The molecule has 2 atom stereocenters. The zero-order chi connectivity index (χ0) is 13.5. The van der Waals surface area contributed by atoms with Crippen molar-refractivity contribution in [3.63, 3.8) is 0 Å². The lowest BCUT2D eigenvalue weighted by molar-refractivity contribution is -0.237. The van der Waals surface area contributed by atoms with Gasteiger partial charge in [-0.05, 0) is 19.8 Å². The number of hydrogen-bond acceptors (Lipinski definition) is 4. The first-order valence-electron chi connectivity index (χ1n) is 7.19. The molecular formula is C14H21NO4. The van der Waals surface area contributed by atoms with Gasteiger partial charge in [-0.25, -0.2) is 0 Å². The molecule has 1 amide bonds. The van der Waals surface area contributed by atoms with Crippen LogP contribution in [0, 0.1) is 5.92 Å². The Morgan fingerprint density at radius 1 is 1.42 bits per heavy atom. The average Bonchev–Trinajstić information content (AvgIpc) is 2.83. The van der Waals surface area contributed by atoms with Crippen molar-refractivity contribution in [2.45, 2.75) is 50.9 Å². The van der Waals surface area contributed by atoms with Crippen molar-refractivity contribution in [3.05, 3.63) is 0 Å². The molecule has 106 valence electrons. The summed E-state index contributed by atoms with van der Waals surface area (Å²) in [6, 6.07) is 0.108. The number of hydrogen-bond donors (Lipinski definition) is 0. The molecule has 0 radical (unpaired) electrons. The number of carbonyl (C=O) groups is 2. The Labute approximate surface area is 113 Å². The monoisotopic (exact) mass is 267 g/mol. The van der Waals surface area contributed by atoms with Crippen molar-refractivity contribution in [3.8, 4) is 0 Å². The smallest absolute Gasteiger partial charge is 0.222 e. The van der Waals surface area contributed by atoms with E-state index in [2.05, 4.69) is 0 Å². The zero-order valence-corrected chi connectivity index (χ0v) is 11.4. The maximum Gasteiger partial charge on any atom is 0.222 e. The summed E-state index contributed by atoms with van der Waals surface area (Å²) in [7, 11) is 0. The Kier molecular flexibility index (Phi) is 3.35. The van der Waals surface area contributed by atoms with Gasteiger partial charge in [0.15, 0.2) is 5.79 Å². The Morgan fingerprint density at radius 2 is 2.16 bits per heavy atom. The number of piperidine rings is 2. The largest absolute Gasteiger partial charge is 0.347 e. The van der Waals surface area contributed by atoms with Gasteiger partial charge in [0.05, 0.1) is 13.2 Å². The van der Waals surface area contributed by atoms with Crippen LogP contribution in [0.5, 0.6) is 0 Å². The van der Waals surface area contributed by atoms with Crippen LogP contribution in [0.25, 0.3) is 0 Å². The molecule has 0 bridgehead atoms. The predicted molar refractivity (Wildman–Crippen MR) is 67.4 cm³/mol. The molecule has 0 saturated carbocycles. The van der Waals surface area contributed by atoms with Gasteiger partial charge in [-0.15, -0.1) is 0 Å². The fourth-order valence-electron chi connectivity index (χ4n) is 3.84. The van der Waals surface area contributed by atoms with Crippen LogP contribution in [0.2, 0.25) is 0 Å². The maximum absolute atomic E-state index is 12.0. The van der Waals surface area contributed by atoms with Crippen LogP contribution in [0.4, 0.5) is 0 Å². The summed E-state index contributed by atoms with van der Waals surface area (Å²) in [6.07, 6.45) is 3.63. The molecule has 2 unspecified atom stereocenters. The number of nitrogens with zero attached hydrogens (tertiary/aromatic N) is 1. The van der Waals surface area contributed by atoms with Gasteiger partial charge in [-0.2, -0.15) is 0 Å². The molecule has 0 aromatic heterocycles. The van der Waals surface area contributed by atoms with Gasteiger partial charge in [0.25, 0.3) is 0 Å². The molecule has 0 aromatic carbocycles. The number of ether oxygens (including phenoxy) is 2. The predicted octanol–water partition coefficient (Wildman–Crippen LogP) is 1.11. The number of Topliss-reactive ketones (excluding diaryl/α,β-unsaturated/α-hetero) is 1. The van der Waals surface area contributed by atoms with E-state index in [0.29, 0.717) is 39.0 Å². The first kappa shape index (κ1) is 13.1. The van der Waals surface area contributed by atoms with Gasteiger partial charge < -0.3 is 19.2 Å². The Morgan fingerprint density at radius 3 is 2.84 bits per heavy atom.